The molecule has 2 atom stereocenters. The summed E-state index contributed by atoms with van der Waals surface area (Å²) < 4.78 is 6.48. The van der Waals surface area contributed by atoms with Crippen LogP contribution in [0.25, 0.3) is 11.1 Å². The van der Waals surface area contributed by atoms with Gasteiger partial charge in [-0.25, -0.2) is 0 Å². The quantitative estimate of drug-likeness (QED) is 0.438. The molecular weight excluding hydrogens is 389 g/mol. The Morgan fingerprint density at radius 2 is 1.46 bits per heavy atom. The second-order valence-corrected chi connectivity index (χ2v) is 8.27. The fourth-order valence-corrected chi connectivity index (χ4v) is 4.27. The number of ether oxygens (including phenoxy) is 1. The molecule has 4 rings (SSSR count). The molecular formula is C24H23Cl2NO. The summed E-state index contributed by atoms with van der Waals surface area (Å²) in [5.41, 5.74) is 5.80. The minimum absolute atomic E-state index is 0.0428. The molecule has 0 radical (unpaired) electrons. The Morgan fingerprint density at radius 1 is 0.857 bits per heavy atom. The first-order chi connectivity index (χ1) is 13.5. The van der Waals surface area contributed by atoms with Gasteiger partial charge in [0.25, 0.3) is 0 Å². The Morgan fingerprint density at radius 3 is 2.14 bits per heavy atom. The standard InChI is InChI=1S/C24H23Cl2NO/c1-16-24(17-6-4-3-5-7-17)28-15-19-13-21(26)9-11-23(19)22-10-8-20(25)12-18(22)14-27(16)2/h3-13,16,24H,14-15H2,1-2H3/t16-,24+/m0/s1. The number of likely N-dealkylation sites (N-methyl/N-ethyl adjacent to an activating group) is 1. The van der Waals surface area contributed by atoms with E-state index in [2.05, 4.69) is 61.3 Å². The molecule has 0 saturated heterocycles. The topological polar surface area (TPSA) is 12.5 Å². The summed E-state index contributed by atoms with van der Waals surface area (Å²) >= 11 is 12.7. The van der Waals surface area contributed by atoms with Crippen molar-refractivity contribution in [1.29, 1.82) is 0 Å². The van der Waals surface area contributed by atoms with E-state index in [9.17, 15) is 0 Å². The zero-order valence-corrected chi connectivity index (χ0v) is 17.5. The molecule has 1 aliphatic rings. The summed E-state index contributed by atoms with van der Waals surface area (Å²) in [5, 5.41) is 1.47. The maximum atomic E-state index is 6.48. The van der Waals surface area contributed by atoms with Crippen molar-refractivity contribution >= 4 is 23.2 Å². The van der Waals surface area contributed by atoms with Crippen molar-refractivity contribution in [3.8, 4) is 11.1 Å². The highest BCUT2D eigenvalue weighted by atomic mass is 35.5. The molecule has 3 aromatic carbocycles. The summed E-state index contributed by atoms with van der Waals surface area (Å²) in [6, 6.07) is 22.7. The normalized spacial score (nSPS) is 20.3. The van der Waals surface area contributed by atoms with Crippen LogP contribution in [0.4, 0.5) is 0 Å². The molecule has 28 heavy (non-hydrogen) atoms. The van der Waals surface area contributed by atoms with Crippen molar-refractivity contribution in [2.45, 2.75) is 32.2 Å². The Bertz CT molecular complexity index is 974. The number of hydrogen-bond acceptors (Lipinski definition) is 2. The molecule has 2 nitrogen and oxygen atoms in total. The van der Waals surface area contributed by atoms with Gasteiger partial charge in [-0.2, -0.15) is 0 Å². The van der Waals surface area contributed by atoms with Crippen LogP contribution in [0.15, 0.2) is 66.7 Å². The third kappa shape index (κ3) is 3.97. The molecule has 144 valence electrons. The number of benzene rings is 3. The average molecular weight is 412 g/mol. The Kier molecular flexibility index (Phi) is 5.75. The molecule has 0 bridgehead atoms. The first-order valence-electron chi connectivity index (χ1n) is 9.47. The van der Waals surface area contributed by atoms with Crippen LogP contribution in [0.1, 0.15) is 29.7 Å². The van der Waals surface area contributed by atoms with Crippen LogP contribution in [-0.4, -0.2) is 18.0 Å². The molecule has 0 N–H and O–H groups in total. The number of fused-ring (bicyclic) bond motifs is 3. The summed E-state index contributed by atoms with van der Waals surface area (Å²) in [4.78, 5) is 2.33. The Labute approximate surface area is 176 Å². The molecule has 0 aliphatic carbocycles. The molecule has 1 heterocycles. The highest BCUT2D eigenvalue weighted by molar-refractivity contribution is 6.31. The predicted octanol–water partition coefficient (Wildman–Crippen LogP) is 6.75. The number of halogens is 2. The summed E-state index contributed by atoms with van der Waals surface area (Å²) in [7, 11) is 2.14. The zero-order chi connectivity index (χ0) is 19.7. The molecule has 4 heteroatoms. The smallest absolute Gasteiger partial charge is 0.0981 e. The first-order valence-corrected chi connectivity index (χ1v) is 10.2. The Hall–Kier alpha value is -1.84. The van der Waals surface area contributed by atoms with E-state index in [0.717, 1.165) is 27.7 Å². The van der Waals surface area contributed by atoms with Crippen LogP contribution in [0.3, 0.4) is 0 Å². The molecule has 0 aromatic heterocycles. The minimum Gasteiger partial charge on any atom is -0.367 e. The van der Waals surface area contributed by atoms with Gasteiger partial charge in [-0.15, -0.1) is 0 Å². The van der Waals surface area contributed by atoms with Crippen LogP contribution >= 0.6 is 23.2 Å². The number of hydrogen-bond donors (Lipinski definition) is 0. The van der Waals surface area contributed by atoms with Gasteiger partial charge < -0.3 is 4.74 Å². The summed E-state index contributed by atoms with van der Waals surface area (Å²) in [5.74, 6) is 0. The lowest BCUT2D eigenvalue weighted by Crippen LogP contribution is -2.35. The average Bonchev–Trinajstić information content (AvgIpc) is 2.69. The minimum atomic E-state index is -0.0428. The van der Waals surface area contributed by atoms with Gasteiger partial charge in [0.15, 0.2) is 0 Å². The second-order valence-electron chi connectivity index (χ2n) is 7.40. The van der Waals surface area contributed by atoms with E-state index in [1.807, 2.05) is 24.3 Å². The molecule has 1 aliphatic heterocycles. The molecule has 0 amide bonds. The van der Waals surface area contributed by atoms with Gasteiger partial charge in [0.05, 0.1) is 12.7 Å². The van der Waals surface area contributed by atoms with Gasteiger partial charge in [0, 0.05) is 22.6 Å². The van der Waals surface area contributed by atoms with Gasteiger partial charge in [-0.3, -0.25) is 4.90 Å². The largest absolute Gasteiger partial charge is 0.367 e. The van der Waals surface area contributed by atoms with Crippen molar-refractivity contribution in [3.05, 3.63) is 93.5 Å². The van der Waals surface area contributed by atoms with Crippen LogP contribution in [0.5, 0.6) is 0 Å². The lowest BCUT2D eigenvalue weighted by molar-refractivity contribution is -0.0159. The maximum absolute atomic E-state index is 6.48. The molecule has 0 spiro atoms. The highest BCUT2D eigenvalue weighted by Gasteiger charge is 2.26. The first kappa shape index (κ1) is 19.5. The number of nitrogens with zero attached hydrogens (tertiary/aromatic N) is 1. The van der Waals surface area contributed by atoms with E-state index in [1.54, 1.807) is 0 Å². The second kappa shape index (κ2) is 8.26. The van der Waals surface area contributed by atoms with E-state index in [-0.39, 0.29) is 12.1 Å². The van der Waals surface area contributed by atoms with E-state index < -0.39 is 0 Å². The number of rotatable bonds is 1. The van der Waals surface area contributed by atoms with E-state index in [4.69, 9.17) is 27.9 Å². The summed E-state index contributed by atoms with van der Waals surface area (Å²) in [6.45, 7) is 3.49. The van der Waals surface area contributed by atoms with Crippen molar-refractivity contribution in [1.82, 2.24) is 4.90 Å². The van der Waals surface area contributed by atoms with E-state index in [0.29, 0.717) is 6.61 Å². The lowest BCUT2D eigenvalue weighted by atomic mass is 9.93. The fraction of sp³-hybridized carbons (Fsp3) is 0.250. The molecule has 0 unspecified atom stereocenters. The van der Waals surface area contributed by atoms with Crippen molar-refractivity contribution in [3.63, 3.8) is 0 Å². The van der Waals surface area contributed by atoms with Crippen molar-refractivity contribution in [2.24, 2.45) is 0 Å². The van der Waals surface area contributed by atoms with E-state index >= 15 is 0 Å². The molecule has 0 fully saturated rings. The third-order valence-corrected chi connectivity index (χ3v) is 5.99. The fourth-order valence-electron chi connectivity index (χ4n) is 3.88. The van der Waals surface area contributed by atoms with Crippen LogP contribution in [0, 0.1) is 0 Å². The van der Waals surface area contributed by atoms with Crippen molar-refractivity contribution < 1.29 is 4.74 Å². The van der Waals surface area contributed by atoms with Gasteiger partial charge in [-0.05, 0) is 66.1 Å². The monoisotopic (exact) mass is 411 g/mol. The maximum Gasteiger partial charge on any atom is 0.0981 e. The lowest BCUT2D eigenvalue weighted by Gasteiger charge is -2.34. The van der Waals surface area contributed by atoms with Crippen molar-refractivity contribution in [2.75, 3.05) is 7.05 Å². The summed E-state index contributed by atoms with van der Waals surface area (Å²) in [6.07, 6.45) is -0.0428. The van der Waals surface area contributed by atoms with Gasteiger partial charge in [0.1, 0.15) is 0 Å². The zero-order valence-electron chi connectivity index (χ0n) is 16.0. The van der Waals surface area contributed by atoms with Crippen LogP contribution in [-0.2, 0) is 17.9 Å². The SMILES string of the molecule is C[C@H]1[C@H](c2ccccc2)OCc2cc(Cl)ccc2-c2ccc(Cl)cc2CN1C. The van der Waals surface area contributed by atoms with Gasteiger partial charge in [-0.1, -0.05) is 65.7 Å². The van der Waals surface area contributed by atoms with Crippen LogP contribution in [0.2, 0.25) is 10.0 Å². The highest BCUT2D eigenvalue weighted by Crippen LogP contribution is 2.36. The van der Waals surface area contributed by atoms with Gasteiger partial charge >= 0.3 is 0 Å². The predicted molar refractivity (Wildman–Crippen MR) is 117 cm³/mol. The third-order valence-electron chi connectivity index (χ3n) is 5.52. The molecule has 0 saturated carbocycles. The van der Waals surface area contributed by atoms with E-state index in [1.165, 1.54) is 16.7 Å². The Balaban J connectivity index is 1.84. The van der Waals surface area contributed by atoms with Gasteiger partial charge in [0.2, 0.25) is 0 Å². The van der Waals surface area contributed by atoms with Crippen LogP contribution < -0.4 is 0 Å². The molecule has 3 aromatic rings.